The summed E-state index contributed by atoms with van der Waals surface area (Å²) in [5.74, 6) is 0.834. The van der Waals surface area contributed by atoms with Crippen molar-refractivity contribution >= 4 is 12.0 Å². The number of amides is 1. The van der Waals surface area contributed by atoms with E-state index in [4.69, 9.17) is 4.74 Å². The summed E-state index contributed by atoms with van der Waals surface area (Å²) in [5.41, 5.74) is 1.89. The molecule has 1 rings (SSSR count). The Bertz CT molecular complexity index is 413. The van der Waals surface area contributed by atoms with Crippen LogP contribution in [0.1, 0.15) is 18.1 Å². The summed E-state index contributed by atoms with van der Waals surface area (Å²) >= 11 is 0. The topological polar surface area (TPSA) is 29.5 Å². The highest BCUT2D eigenvalue weighted by molar-refractivity contribution is 5.79. The van der Waals surface area contributed by atoms with Crippen molar-refractivity contribution in [3.8, 4) is 5.75 Å². The summed E-state index contributed by atoms with van der Waals surface area (Å²) in [5, 5.41) is 0. The molecule has 0 bridgehead atoms. The van der Waals surface area contributed by atoms with Gasteiger partial charge in [-0.1, -0.05) is 18.7 Å². The highest BCUT2D eigenvalue weighted by Gasteiger charge is 2.11. The summed E-state index contributed by atoms with van der Waals surface area (Å²) in [4.78, 5) is 13.6. The largest absolute Gasteiger partial charge is 0.496 e. The molecule has 0 aliphatic carbocycles. The van der Waals surface area contributed by atoms with Crippen LogP contribution in [0.15, 0.2) is 24.8 Å². The van der Waals surface area contributed by atoms with Gasteiger partial charge in [-0.3, -0.25) is 4.79 Å². The van der Waals surface area contributed by atoms with Crippen molar-refractivity contribution in [2.45, 2.75) is 13.3 Å². The molecule has 0 aliphatic rings. The summed E-state index contributed by atoms with van der Waals surface area (Å²) in [6.07, 6.45) is 2.12. The van der Waals surface area contributed by atoms with Crippen LogP contribution in [0, 0.1) is 0 Å². The fourth-order valence-corrected chi connectivity index (χ4v) is 1.54. The second-order valence-corrected chi connectivity index (χ2v) is 3.86. The molecule has 1 aromatic carbocycles. The fourth-order valence-electron chi connectivity index (χ4n) is 1.54. The molecule has 0 saturated heterocycles. The number of hydrogen-bond acceptors (Lipinski definition) is 2. The zero-order chi connectivity index (χ0) is 12.8. The molecule has 0 saturated carbocycles. The van der Waals surface area contributed by atoms with Crippen molar-refractivity contribution in [2.24, 2.45) is 0 Å². The Hall–Kier alpha value is -1.77. The molecule has 0 unspecified atom stereocenters. The van der Waals surface area contributed by atoms with Crippen molar-refractivity contribution in [3.63, 3.8) is 0 Å². The predicted octanol–water partition coefficient (Wildman–Crippen LogP) is 2.36. The van der Waals surface area contributed by atoms with E-state index in [0.717, 1.165) is 16.9 Å². The van der Waals surface area contributed by atoms with Crippen LogP contribution in [0.4, 0.5) is 0 Å². The lowest BCUT2D eigenvalue weighted by molar-refractivity contribution is -0.129. The molecule has 0 fully saturated rings. The van der Waals surface area contributed by atoms with E-state index in [1.54, 1.807) is 25.1 Å². The minimum Gasteiger partial charge on any atom is -0.496 e. The first-order valence-corrected chi connectivity index (χ1v) is 5.65. The van der Waals surface area contributed by atoms with Gasteiger partial charge in [-0.15, -0.1) is 0 Å². The van der Waals surface area contributed by atoms with Gasteiger partial charge in [0, 0.05) is 19.2 Å². The summed E-state index contributed by atoms with van der Waals surface area (Å²) in [6.45, 7) is 6.39. The number of likely N-dealkylation sites (N-methyl/N-ethyl adjacent to an activating group) is 1. The standard InChI is InChI=1S/C14H19NO2/c1-5-11-7-8-13(17-4)12(9-11)10-14(16)15(3)6-2/h5,7-9H,1,6,10H2,2-4H3. The molecule has 92 valence electrons. The number of carbonyl (C=O) groups excluding carboxylic acids is 1. The van der Waals surface area contributed by atoms with Crippen molar-refractivity contribution in [2.75, 3.05) is 20.7 Å². The van der Waals surface area contributed by atoms with Crippen molar-refractivity contribution in [1.29, 1.82) is 0 Å². The molecule has 0 aromatic heterocycles. The van der Waals surface area contributed by atoms with Gasteiger partial charge >= 0.3 is 0 Å². The Morgan fingerprint density at radius 2 is 2.24 bits per heavy atom. The van der Waals surface area contributed by atoms with Crippen molar-refractivity contribution in [3.05, 3.63) is 35.9 Å². The van der Waals surface area contributed by atoms with Gasteiger partial charge in [0.15, 0.2) is 0 Å². The van der Waals surface area contributed by atoms with Gasteiger partial charge in [0.2, 0.25) is 5.91 Å². The number of benzene rings is 1. The average Bonchev–Trinajstić information content (AvgIpc) is 2.37. The molecule has 17 heavy (non-hydrogen) atoms. The minimum atomic E-state index is 0.0898. The summed E-state index contributed by atoms with van der Waals surface area (Å²) < 4.78 is 5.25. The van der Waals surface area contributed by atoms with Crippen molar-refractivity contribution in [1.82, 2.24) is 4.90 Å². The first kappa shape index (κ1) is 13.3. The second-order valence-electron chi connectivity index (χ2n) is 3.86. The van der Waals surface area contributed by atoms with Crippen LogP contribution < -0.4 is 4.74 Å². The van der Waals surface area contributed by atoms with Gasteiger partial charge in [0.25, 0.3) is 0 Å². The first-order chi connectivity index (χ1) is 8.12. The van der Waals surface area contributed by atoms with E-state index in [-0.39, 0.29) is 5.91 Å². The number of nitrogens with zero attached hydrogens (tertiary/aromatic N) is 1. The Kier molecular flexibility index (Phi) is 4.76. The SMILES string of the molecule is C=Cc1ccc(OC)c(CC(=O)N(C)CC)c1. The molecule has 0 heterocycles. The quantitative estimate of drug-likeness (QED) is 0.781. The summed E-state index contributed by atoms with van der Waals surface area (Å²) in [7, 11) is 3.41. The maximum Gasteiger partial charge on any atom is 0.226 e. The van der Waals surface area contributed by atoms with E-state index >= 15 is 0 Å². The lowest BCUT2D eigenvalue weighted by Crippen LogP contribution is -2.27. The van der Waals surface area contributed by atoms with E-state index in [9.17, 15) is 4.79 Å². The molecular weight excluding hydrogens is 214 g/mol. The second kappa shape index (κ2) is 6.09. The molecule has 1 aromatic rings. The van der Waals surface area contributed by atoms with Gasteiger partial charge in [-0.25, -0.2) is 0 Å². The minimum absolute atomic E-state index is 0.0898. The fraction of sp³-hybridized carbons (Fsp3) is 0.357. The molecule has 0 spiro atoms. The number of methoxy groups -OCH3 is 1. The van der Waals surface area contributed by atoms with Crippen LogP contribution in [0.5, 0.6) is 5.75 Å². The van der Waals surface area contributed by atoms with E-state index in [2.05, 4.69) is 6.58 Å². The van der Waals surface area contributed by atoms with Crippen LogP contribution in [-0.2, 0) is 11.2 Å². The van der Waals surface area contributed by atoms with Crippen LogP contribution in [-0.4, -0.2) is 31.5 Å². The van der Waals surface area contributed by atoms with Gasteiger partial charge in [-0.05, 0) is 24.6 Å². The number of hydrogen-bond donors (Lipinski definition) is 0. The van der Waals surface area contributed by atoms with Crippen molar-refractivity contribution < 1.29 is 9.53 Å². The van der Waals surface area contributed by atoms with E-state index < -0.39 is 0 Å². The molecule has 0 atom stereocenters. The number of carbonyl (C=O) groups is 1. The van der Waals surface area contributed by atoms with E-state index in [1.807, 2.05) is 25.1 Å². The van der Waals surface area contributed by atoms with Crippen LogP contribution >= 0.6 is 0 Å². The van der Waals surface area contributed by atoms with Gasteiger partial charge < -0.3 is 9.64 Å². The zero-order valence-corrected chi connectivity index (χ0v) is 10.7. The number of rotatable bonds is 5. The molecule has 3 heteroatoms. The first-order valence-electron chi connectivity index (χ1n) is 5.65. The monoisotopic (exact) mass is 233 g/mol. The van der Waals surface area contributed by atoms with Gasteiger partial charge in [-0.2, -0.15) is 0 Å². The third-order valence-corrected chi connectivity index (χ3v) is 2.78. The third kappa shape index (κ3) is 3.34. The van der Waals surface area contributed by atoms with Gasteiger partial charge in [0.05, 0.1) is 13.5 Å². The van der Waals surface area contributed by atoms with Crippen LogP contribution in [0.3, 0.4) is 0 Å². The molecule has 0 N–H and O–H groups in total. The Morgan fingerprint density at radius 3 is 2.76 bits per heavy atom. The van der Waals surface area contributed by atoms with E-state index in [1.165, 1.54) is 0 Å². The molecule has 3 nitrogen and oxygen atoms in total. The average molecular weight is 233 g/mol. The Morgan fingerprint density at radius 1 is 1.53 bits per heavy atom. The highest BCUT2D eigenvalue weighted by atomic mass is 16.5. The van der Waals surface area contributed by atoms with Crippen LogP contribution in [0.25, 0.3) is 6.08 Å². The lowest BCUT2D eigenvalue weighted by Gasteiger charge is -2.16. The molecular formula is C14H19NO2. The predicted molar refractivity (Wildman–Crippen MR) is 70.1 cm³/mol. The maximum absolute atomic E-state index is 11.9. The Balaban J connectivity index is 2.95. The molecule has 0 radical (unpaired) electrons. The Labute approximate surface area is 103 Å². The number of ether oxygens (including phenoxy) is 1. The normalized spacial score (nSPS) is 9.82. The lowest BCUT2D eigenvalue weighted by atomic mass is 10.1. The summed E-state index contributed by atoms with van der Waals surface area (Å²) in [6, 6.07) is 5.72. The van der Waals surface area contributed by atoms with Gasteiger partial charge in [0.1, 0.15) is 5.75 Å². The maximum atomic E-state index is 11.9. The smallest absolute Gasteiger partial charge is 0.226 e. The van der Waals surface area contributed by atoms with Crippen LogP contribution in [0.2, 0.25) is 0 Å². The molecule has 0 aliphatic heterocycles. The van der Waals surface area contributed by atoms with E-state index in [0.29, 0.717) is 13.0 Å². The third-order valence-electron chi connectivity index (χ3n) is 2.78. The zero-order valence-electron chi connectivity index (χ0n) is 10.7. The molecule has 1 amide bonds. The highest BCUT2D eigenvalue weighted by Crippen LogP contribution is 2.21.